The third-order valence-electron chi connectivity index (χ3n) is 4.65. The first-order chi connectivity index (χ1) is 14.5. The molecule has 0 saturated heterocycles. The van der Waals surface area contributed by atoms with Gasteiger partial charge in [0.15, 0.2) is 11.5 Å². The standard InChI is InChI=1S/C21H20N6O3.ClH/c1-12-11-24-18-10-15(13-6-7-16(29-2)17(9-13)30-3)25-21(27(12)18)26-20-14(19(22)28)5-4-8-23-20;/h4-11H,1-3H3,(H2,22,28)(H,23,25,26);1H/p-1. The van der Waals surface area contributed by atoms with Gasteiger partial charge in [0.1, 0.15) is 11.5 Å². The van der Waals surface area contributed by atoms with Gasteiger partial charge >= 0.3 is 0 Å². The number of amides is 1. The van der Waals surface area contributed by atoms with Gasteiger partial charge in [0, 0.05) is 29.7 Å². The largest absolute Gasteiger partial charge is 1.00 e. The molecule has 4 rings (SSSR count). The Morgan fingerprint density at radius 1 is 1.10 bits per heavy atom. The zero-order valence-electron chi connectivity index (χ0n) is 17.1. The van der Waals surface area contributed by atoms with Crippen LogP contribution in [0.3, 0.4) is 0 Å². The van der Waals surface area contributed by atoms with Gasteiger partial charge in [-0.15, -0.1) is 0 Å². The summed E-state index contributed by atoms with van der Waals surface area (Å²) < 4.78 is 12.6. The van der Waals surface area contributed by atoms with Crippen LogP contribution in [0.5, 0.6) is 11.5 Å². The summed E-state index contributed by atoms with van der Waals surface area (Å²) in [5, 5.41) is 3.13. The van der Waals surface area contributed by atoms with Crippen LogP contribution in [-0.2, 0) is 0 Å². The summed E-state index contributed by atoms with van der Waals surface area (Å²) in [5.74, 6) is 1.40. The summed E-state index contributed by atoms with van der Waals surface area (Å²) in [6.45, 7) is 1.91. The number of imidazole rings is 1. The number of nitrogens with zero attached hydrogens (tertiary/aromatic N) is 4. The molecule has 0 aliphatic carbocycles. The Morgan fingerprint density at radius 2 is 1.87 bits per heavy atom. The van der Waals surface area contributed by atoms with Crippen LogP contribution >= 0.6 is 0 Å². The number of anilines is 2. The van der Waals surface area contributed by atoms with Crippen molar-refractivity contribution in [2.75, 3.05) is 19.5 Å². The number of primary amides is 1. The van der Waals surface area contributed by atoms with E-state index >= 15 is 0 Å². The number of pyridine rings is 1. The van der Waals surface area contributed by atoms with Gasteiger partial charge in [-0.3, -0.25) is 9.20 Å². The summed E-state index contributed by atoms with van der Waals surface area (Å²) in [6, 6.07) is 10.7. The summed E-state index contributed by atoms with van der Waals surface area (Å²) in [6.07, 6.45) is 3.32. The van der Waals surface area contributed by atoms with Crippen molar-refractivity contribution >= 4 is 23.3 Å². The Balaban J connectivity index is 0.00000272. The average molecular weight is 440 g/mol. The van der Waals surface area contributed by atoms with Crippen molar-refractivity contribution in [3.05, 3.63) is 60.0 Å². The minimum atomic E-state index is -0.583. The SMILES string of the molecule is COc1ccc(-c2cc3ncc(C)n3c(Nc3ncccc3C(N)=O)n2)cc1OC.[Cl-]. The minimum absolute atomic E-state index is 0. The summed E-state index contributed by atoms with van der Waals surface area (Å²) in [4.78, 5) is 25.2. The van der Waals surface area contributed by atoms with E-state index in [1.807, 2.05) is 35.6 Å². The second kappa shape index (κ2) is 8.88. The van der Waals surface area contributed by atoms with E-state index in [-0.39, 0.29) is 18.0 Å². The van der Waals surface area contributed by atoms with E-state index in [1.54, 1.807) is 38.7 Å². The van der Waals surface area contributed by atoms with Crippen molar-refractivity contribution in [2.45, 2.75) is 6.92 Å². The number of carbonyl (C=O) groups excluding carboxylic acids is 1. The number of rotatable bonds is 6. The average Bonchev–Trinajstić information content (AvgIpc) is 3.14. The molecule has 1 amide bonds. The lowest BCUT2D eigenvalue weighted by Crippen LogP contribution is -3.00. The van der Waals surface area contributed by atoms with E-state index in [2.05, 4.69) is 15.3 Å². The zero-order valence-corrected chi connectivity index (χ0v) is 17.8. The van der Waals surface area contributed by atoms with E-state index in [4.69, 9.17) is 20.2 Å². The molecule has 3 N–H and O–H groups in total. The first-order valence-corrected chi connectivity index (χ1v) is 9.11. The fraction of sp³-hybridized carbons (Fsp3) is 0.143. The van der Waals surface area contributed by atoms with Crippen LogP contribution in [-0.4, -0.2) is 39.5 Å². The maximum atomic E-state index is 11.8. The van der Waals surface area contributed by atoms with E-state index < -0.39 is 5.91 Å². The number of hydrogen-bond donors (Lipinski definition) is 2. The van der Waals surface area contributed by atoms with Crippen molar-refractivity contribution in [2.24, 2.45) is 5.73 Å². The molecule has 3 heterocycles. The molecule has 1 aromatic carbocycles. The molecule has 160 valence electrons. The number of nitrogens with one attached hydrogen (secondary N) is 1. The topological polar surface area (TPSA) is 117 Å². The molecule has 0 aliphatic heterocycles. The van der Waals surface area contributed by atoms with Crippen LogP contribution in [0.25, 0.3) is 16.9 Å². The van der Waals surface area contributed by atoms with Gasteiger partial charge in [0.05, 0.1) is 25.5 Å². The minimum Gasteiger partial charge on any atom is -1.00 e. The molecule has 0 saturated carbocycles. The molecule has 31 heavy (non-hydrogen) atoms. The second-order valence-corrected chi connectivity index (χ2v) is 6.52. The van der Waals surface area contributed by atoms with Crippen LogP contribution in [0.15, 0.2) is 48.8 Å². The lowest BCUT2D eigenvalue weighted by Gasteiger charge is -2.14. The first kappa shape index (κ1) is 21.8. The summed E-state index contributed by atoms with van der Waals surface area (Å²) in [7, 11) is 3.16. The van der Waals surface area contributed by atoms with Gasteiger partial charge in [0.25, 0.3) is 5.91 Å². The van der Waals surface area contributed by atoms with E-state index in [1.165, 1.54) is 0 Å². The summed E-state index contributed by atoms with van der Waals surface area (Å²) >= 11 is 0. The third kappa shape index (κ3) is 4.08. The highest BCUT2D eigenvalue weighted by Gasteiger charge is 2.16. The van der Waals surface area contributed by atoms with E-state index in [0.717, 1.165) is 11.3 Å². The molecular formula is C21H20ClN6O3-. The van der Waals surface area contributed by atoms with Crippen LogP contribution in [0, 0.1) is 6.92 Å². The number of hydrogen-bond acceptors (Lipinski definition) is 7. The third-order valence-corrected chi connectivity index (χ3v) is 4.65. The van der Waals surface area contributed by atoms with E-state index in [0.29, 0.717) is 34.6 Å². The van der Waals surface area contributed by atoms with E-state index in [9.17, 15) is 4.79 Å². The van der Waals surface area contributed by atoms with Gasteiger partial charge in [-0.2, -0.15) is 0 Å². The first-order valence-electron chi connectivity index (χ1n) is 9.11. The van der Waals surface area contributed by atoms with Gasteiger partial charge < -0.3 is 32.9 Å². The molecule has 4 aromatic rings. The van der Waals surface area contributed by atoms with Crippen molar-refractivity contribution in [3.8, 4) is 22.8 Å². The molecule has 9 nitrogen and oxygen atoms in total. The number of nitrogens with two attached hydrogens (primary N) is 1. The quantitative estimate of drug-likeness (QED) is 0.433. The molecule has 0 bridgehead atoms. The highest BCUT2D eigenvalue weighted by Crippen LogP contribution is 2.33. The predicted molar refractivity (Wildman–Crippen MR) is 112 cm³/mol. The molecule has 0 aliphatic rings. The van der Waals surface area contributed by atoms with Crippen molar-refractivity contribution in [1.82, 2.24) is 19.4 Å². The maximum absolute atomic E-state index is 11.8. The normalized spacial score (nSPS) is 10.4. The number of aryl methyl sites for hydroxylation is 1. The van der Waals surface area contributed by atoms with Crippen LogP contribution in [0.2, 0.25) is 0 Å². The Hall–Kier alpha value is -3.85. The van der Waals surface area contributed by atoms with Crippen molar-refractivity contribution < 1.29 is 26.7 Å². The van der Waals surface area contributed by atoms with Gasteiger partial charge in [-0.05, 0) is 37.3 Å². The lowest BCUT2D eigenvalue weighted by atomic mass is 10.1. The second-order valence-electron chi connectivity index (χ2n) is 6.52. The number of carbonyl (C=O) groups is 1. The Kier molecular flexibility index (Phi) is 6.26. The number of benzene rings is 1. The van der Waals surface area contributed by atoms with Gasteiger partial charge in [-0.1, -0.05) is 0 Å². The molecule has 0 fully saturated rings. The summed E-state index contributed by atoms with van der Waals surface area (Å²) in [5.41, 5.74) is 8.78. The Bertz CT molecular complexity index is 1260. The number of aromatic nitrogens is 4. The highest BCUT2D eigenvalue weighted by atomic mass is 35.5. The highest BCUT2D eigenvalue weighted by molar-refractivity contribution is 5.98. The molecule has 0 spiro atoms. The molecule has 3 aromatic heterocycles. The monoisotopic (exact) mass is 439 g/mol. The predicted octanol–water partition coefficient (Wildman–Crippen LogP) is -0.0366. The number of fused-ring (bicyclic) bond motifs is 1. The van der Waals surface area contributed by atoms with Crippen molar-refractivity contribution in [1.29, 1.82) is 0 Å². The van der Waals surface area contributed by atoms with Crippen LogP contribution in [0.1, 0.15) is 16.1 Å². The Labute approximate surface area is 184 Å². The molecule has 10 heteroatoms. The van der Waals surface area contributed by atoms with Crippen molar-refractivity contribution in [3.63, 3.8) is 0 Å². The zero-order chi connectivity index (χ0) is 21.3. The number of methoxy groups -OCH3 is 2. The smallest absolute Gasteiger partial charge is 0.252 e. The lowest BCUT2D eigenvalue weighted by molar-refractivity contribution is -0.0000152. The number of ether oxygens (including phenoxy) is 2. The van der Waals surface area contributed by atoms with Crippen LogP contribution in [0.4, 0.5) is 11.8 Å². The molecule has 0 radical (unpaired) electrons. The molecule has 0 atom stereocenters. The van der Waals surface area contributed by atoms with Gasteiger partial charge in [-0.25, -0.2) is 15.0 Å². The fourth-order valence-corrected chi connectivity index (χ4v) is 3.19. The number of halogens is 1. The Morgan fingerprint density at radius 3 is 2.58 bits per heavy atom. The molecular weight excluding hydrogens is 420 g/mol. The van der Waals surface area contributed by atoms with Crippen LogP contribution < -0.4 is 32.9 Å². The molecule has 0 unspecified atom stereocenters. The van der Waals surface area contributed by atoms with Gasteiger partial charge in [0.2, 0.25) is 5.95 Å². The maximum Gasteiger partial charge on any atom is 0.252 e. The fourth-order valence-electron chi connectivity index (χ4n) is 3.19.